The van der Waals surface area contributed by atoms with Crippen LogP contribution in [0.2, 0.25) is 0 Å². The van der Waals surface area contributed by atoms with Gasteiger partial charge in [0.25, 0.3) is 0 Å². The fourth-order valence-electron chi connectivity index (χ4n) is 0.156. The van der Waals surface area contributed by atoms with Crippen molar-refractivity contribution in [2.24, 2.45) is 0 Å². The Morgan fingerprint density at radius 1 is 0.857 bits per heavy atom. The molecule has 0 fully saturated rings. The van der Waals surface area contributed by atoms with Gasteiger partial charge in [0.1, 0.15) is 0 Å². The molecule has 0 aliphatic carbocycles. The van der Waals surface area contributed by atoms with Gasteiger partial charge in [0, 0.05) is 6.26 Å². The maximum absolute atomic E-state index is 8.24. The second-order valence-corrected chi connectivity index (χ2v) is 2.95. The first kappa shape index (κ1) is 18.5. The molecule has 0 heterocycles. The van der Waals surface area contributed by atoms with Crippen LogP contribution in [-0.4, -0.2) is 15.7 Å². The summed E-state index contributed by atoms with van der Waals surface area (Å²) in [4.78, 5) is 0. The van der Waals surface area contributed by atoms with Gasteiger partial charge in [-0.3, -0.25) is 0 Å². The molecule has 0 aromatic heterocycles. The van der Waals surface area contributed by atoms with Crippen molar-refractivity contribution in [2.75, 3.05) is 0 Å². The average molecular weight is 266 g/mol. The second kappa shape index (κ2) is 17.7. The summed E-state index contributed by atoms with van der Waals surface area (Å²) in [5.74, 6) is 0. The molecule has 0 aliphatic heterocycles. The molecule has 0 aromatic rings. The molecular formula is C4AsN4NaO4. The summed E-state index contributed by atoms with van der Waals surface area (Å²) in [5.41, 5.74) is 0. The van der Waals surface area contributed by atoms with E-state index in [1.165, 1.54) is 18.8 Å². The largest absolute Gasteiger partial charge is 1.00 e. The molecule has 0 spiro atoms. The summed E-state index contributed by atoms with van der Waals surface area (Å²) in [5, 5.41) is 38.6. The number of rotatable bonds is 3. The van der Waals surface area contributed by atoms with Crippen LogP contribution in [0.25, 0.3) is 0 Å². The monoisotopic (exact) mass is 266 g/mol. The molecule has 0 N–H and O–H groups in total. The first-order valence-electron chi connectivity index (χ1n) is 2.26. The van der Waals surface area contributed by atoms with E-state index in [-0.39, 0.29) is 29.6 Å². The van der Waals surface area contributed by atoms with Crippen molar-refractivity contribution >= 4 is 15.7 Å². The minimum Gasteiger partial charge on any atom is -0.812 e. The molecule has 0 bridgehead atoms. The van der Waals surface area contributed by atoms with Gasteiger partial charge < -0.3 is 5.11 Å². The van der Waals surface area contributed by atoms with Crippen molar-refractivity contribution in [1.29, 1.82) is 21.0 Å². The Morgan fingerprint density at radius 3 is 1.21 bits per heavy atom. The zero-order valence-electron chi connectivity index (χ0n) is 6.87. The van der Waals surface area contributed by atoms with E-state index in [4.69, 9.17) is 26.2 Å². The summed E-state index contributed by atoms with van der Waals surface area (Å²) in [6.07, 6.45) is 4.25. The van der Waals surface area contributed by atoms with Crippen LogP contribution in [0.3, 0.4) is 0 Å². The molecule has 0 aliphatic rings. The van der Waals surface area contributed by atoms with E-state index in [1.807, 2.05) is 0 Å². The van der Waals surface area contributed by atoms with Gasteiger partial charge in [-0.1, -0.05) is 0 Å². The Balaban J connectivity index is -0.000000267. The Kier molecular flexibility index (Phi) is 23.4. The van der Waals surface area contributed by atoms with Crippen molar-refractivity contribution in [2.45, 2.75) is 0 Å². The van der Waals surface area contributed by atoms with Gasteiger partial charge in [-0.25, -0.2) is 5.26 Å². The molecule has 0 atom stereocenters. The van der Waals surface area contributed by atoms with Crippen molar-refractivity contribution in [3.05, 3.63) is 0 Å². The maximum atomic E-state index is 8.24. The summed E-state index contributed by atoms with van der Waals surface area (Å²) in [7, 11) is 0. The SMILES string of the molecule is N#CO[As](OC#N)OC#N.N#C[O-].[Na+]. The van der Waals surface area contributed by atoms with E-state index in [0.717, 1.165) is 0 Å². The van der Waals surface area contributed by atoms with E-state index in [1.54, 1.807) is 0 Å². The van der Waals surface area contributed by atoms with Gasteiger partial charge in [-0.2, -0.15) is 0 Å². The Labute approximate surface area is 107 Å². The minimum absolute atomic E-state index is 0. The summed E-state index contributed by atoms with van der Waals surface area (Å²) in [6, 6.07) is 0. The van der Waals surface area contributed by atoms with Gasteiger partial charge in [-0.15, -0.1) is 0 Å². The number of hydrogen-bond donors (Lipinski definition) is 0. The van der Waals surface area contributed by atoms with Gasteiger partial charge in [0.05, 0.1) is 0 Å². The van der Waals surface area contributed by atoms with Gasteiger partial charge in [0.2, 0.25) is 0 Å². The molecule has 0 saturated heterocycles. The van der Waals surface area contributed by atoms with Crippen LogP contribution in [0.1, 0.15) is 0 Å². The van der Waals surface area contributed by atoms with Crippen molar-refractivity contribution in [1.82, 2.24) is 0 Å². The van der Waals surface area contributed by atoms with E-state index in [9.17, 15) is 0 Å². The first-order valence-corrected chi connectivity index (χ1v) is 4.56. The molecule has 14 heavy (non-hydrogen) atoms. The number of hydrogen-bond acceptors (Lipinski definition) is 8. The molecule has 10 heteroatoms. The van der Waals surface area contributed by atoms with Crippen LogP contribution in [0.5, 0.6) is 0 Å². The molecule has 0 amide bonds. The topological polar surface area (TPSA) is 146 Å². The van der Waals surface area contributed by atoms with Crippen LogP contribution < -0.4 is 34.7 Å². The molecule has 66 valence electrons. The molecular weight excluding hydrogens is 266 g/mol. The average Bonchev–Trinajstić information content (AvgIpc) is 2.07. The van der Waals surface area contributed by atoms with Crippen LogP contribution in [0, 0.1) is 46.1 Å². The minimum atomic E-state index is -2.88. The Morgan fingerprint density at radius 2 is 1.07 bits per heavy atom. The quantitative estimate of drug-likeness (QED) is 0.365. The summed E-state index contributed by atoms with van der Waals surface area (Å²) < 4.78 is 12.3. The van der Waals surface area contributed by atoms with E-state index in [2.05, 4.69) is 11.2 Å². The molecule has 0 aromatic carbocycles. The van der Waals surface area contributed by atoms with Gasteiger partial charge >= 0.3 is 91.0 Å². The fraction of sp³-hybridized carbons (Fsp3) is 0. The first-order chi connectivity index (χ1) is 6.26. The predicted molar refractivity (Wildman–Crippen MR) is 31.5 cm³/mol. The zero-order chi connectivity index (χ0) is 10.5. The van der Waals surface area contributed by atoms with Crippen LogP contribution in [0.4, 0.5) is 0 Å². The van der Waals surface area contributed by atoms with Gasteiger partial charge in [-0.05, 0) is 0 Å². The third-order valence-electron chi connectivity index (χ3n) is 0.346. The van der Waals surface area contributed by atoms with E-state index < -0.39 is 15.7 Å². The van der Waals surface area contributed by atoms with Crippen LogP contribution in [0.15, 0.2) is 0 Å². The maximum Gasteiger partial charge on any atom is 1.00 e. The Hall–Kier alpha value is -1.28. The molecule has 0 radical (unpaired) electrons. The molecule has 0 unspecified atom stereocenters. The smallest absolute Gasteiger partial charge is 0.812 e. The Bertz CT molecular complexity index is 248. The second-order valence-electron chi connectivity index (χ2n) is 0.863. The number of nitriles is 4. The van der Waals surface area contributed by atoms with E-state index >= 15 is 0 Å². The predicted octanol–water partition coefficient (Wildman–Crippen LogP) is -4.70. The van der Waals surface area contributed by atoms with Crippen molar-refractivity contribution in [3.8, 4) is 25.0 Å². The molecule has 0 saturated carbocycles. The normalized spacial score (nSPS) is 5.21. The number of nitrogens with zero attached hydrogens (tertiary/aromatic N) is 4. The van der Waals surface area contributed by atoms with Gasteiger partial charge in [0.15, 0.2) is 0 Å². The summed E-state index contributed by atoms with van der Waals surface area (Å²) >= 11 is -2.88. The standard InChI is InChI=1S/C3AsN3O3.CHNO.Na/c5-1-8-4(9-2-6)10-3-7;2-1-3;/h;3H;/q;;+1/p-1. The third kappa shape index (κ3) is 17.0. The summed E-state index contributed by atoms with van der Waals surface area (Å²) in [6.45, 7) is 0. The molecule has 0 rings (SSSR count). The van der Waals surface area contributed by atoms with Crippen LogP contribution >= 0.6 is 0 Å². The van der Waals surface area contributed by atoms with Crippen LogP contribution in [-0.2, 0) is 11.2 Å². The fourth-order valence-corrected chi connectivity index (χ4v) is 0.810. The van der Waals surface area contributed by atoms with E-state index in [0.29, 0.717) is 6.26 Å². The zero-order valence-corrected chi connectivity index (χ0v) is 10.7. The molecule has 8 nitrogen and oxygen atoms in total. The van der Waals surface area contributed by atoms with Crippen molar-refractivity contribution < 1.29 is 45.8 Å². The third-order valence-corrected chi connectivity index (χ3v) is 1.80. The van der Waals surface area contributed by atoms with Crippen molar-refractivity contribution in [3.63, 3.8) is 0 Å².